The van der Waals surface area contributed by atoms with Crippen molar-refractivity contribution in [2.45, 2.75) is 36.2 Å². The van der Waals surface area contributed by atoms with Crippen LogP contribution < -0.4 is 5.32 Å². The number of amides is 2. The minimum absolute atomic E-state index is 0.00933. The van der Waals surface area contributed by atoms with E-state index >= 15 is 0 Å². The molecule has 2 heterocycles. The molecule has 0 aliphatic carbocycles. The molecule has 2 fully saturated rings. The van der Waals surface area contributed by atoms with Crippen LogP contribution in [0.15, 0.2) is 29.2 Å². The molecule has 1 aromatic rings. The van der Waals surface area contributed by atoms with Gasteiger partial charge in [-0.1, -0.05) is 12.1 Å². The van der Waals surface area contributed by atoms with E-state index in [0.29, 0.717) is 0 Å². The van der Waals surface area contributed by atoms with Crippen LogP contribution >= 0.6 is 11.8 Å². The molecule has 1 aromatic carbocycles. The van der Waals surface area contributed by atoms with Crippen LogP contribution in [0.1, 0.15) is 29.6 Å². The summed E-state index contributed by atoms with van der Waals surface area (Å²) >= 11 is 1.59. The Morgan fingerprint density at radius 2 is 1.88 bits per heavy atom. The van der Waals surface area contributed by atoms with Crippen molar-refractivity contribution >= 4 is 23.6 Å². The van der Waals surface area contributed by atoms with E-state index in [2.05, 4.69) is 10.2 Å². The summed E-state index contributed by atoms with van der Waals surface area (Å²) < 4.78 is 0. The Morgan fingerprint density at radius 1 is 1.17 bits per heavy atom. The van der Waals surface area contributed by atoms with E-state index in [9.17, 15) is 9.59 Å². The first-order valence-electron chi connectivity index (χ1n) is 8.53. The van der Waals surface area contributed by atoms with Gasteiger partial charge in [-0.15, -0.1) is 11.8 Å². The molecule has 0 aromatic heterocycles. The average molecular weight is 347 g/mol. The summed E-state index contributed by atoms with van der Waals surface area (Å²) in [6.07, 6.45) is 4.72. The summed E-state index contributed by atoms with van der Waals surface area (Å²) in [4.78, 5) is 29.8. The fraction of sp³-hybridized carbons (Fsp3) is 0.556. The molecule has 0 saturated carbocycles. The Morgan fingerprint density at radius 3 is 2.50 bits per heavy atom. The molecule has 0 spiro atoms. The maximum Gasteiger partial charge on any atom is 0.252 e. The molecule has 2 aliphatic rings. The lowest BCUT2D eigenvalue weighted by Crippen LogP contribution is -2.50. The van der Waals surface area contributed by atoms with Gasteiger partial charge in [0.2, 0.25) is 5.91 Å². The summed E-state index contributed by atoms with van der Waals surface area (Å²) in [5.41, 5.74) is 0.750. The lowest BCUT2D eigenvalue weighted by atomic mass is 10.0. The quantitative estimate of drug-likeness (QED) is 0.845. The van der Waals surface area contributed by atoms with Crippen LogP contribution in [-0.4, -0.2) is 66.6 Å². The Kier molecular flexibility index (Phi) is 5.46. The van der Waals surface area contributed by atoms with Crippen LogP contribution in [0.4, 0.5) is 0 Å². The third kappa shape index (κ3) is 3.59. The van der Waals surface area contributed by atoms with Crippen LogP contribution in [0.3, 0.4) is 0 Å². The van der Waals surface area contributed by atoms with Crippen molar-refractivity contribution < 1.29 is 9.59 Å². The largest absolute Gasteiger partial charge is 0.349 e. The molecule has 1 unspecified atom stereocenters. The monoisotopic (exact) mass is 347 g/mol. The molecule has 2 amide bonds. The molecule has 3 rings (SSSR count). The maximum atomic E-state index is 12.5. The number of hydrogen-bond acceptors (Lipinski definition) is 4. The van der Waals surface area contributed by atoms with Gasteiger partial charge in [0, 0.05) is 37.6 Å². The van der Waals surface area contributed by atoms with Crippen molar-refractivity contribution in [3.63, 3.8) is 0 Å². The Hall–Kier alpha value is -1.53. The van der Waals surface area contributed by atoms with Gasteiger partial charge in [0.25, 0.3) is 5.91 Å². The van der Waals surface area contributed by atoms with Crippen LogP contribution in [-0.2, 0) is 4.79 Å². The molecular formula is C18H25N3O2S. The zero-order chi connectivity index (χ0) is 17.1. The van der Waals surface area contributed by atoms with Crippen LogP contribution in [0.5, 0.6) is 0 Å². The fourth-order valence-corrected chi connectivity index (χ4v) is 4.19. The topological polar surface area (TPSA) is 52.7 Å². The minimum atomic E-state index is 0.00933. The third-order valence-corrected chi connectivity index (χ3v) is 5.85. The zero-order valence-corrected chi connectivity index (χ0v) is 15.1. The number of likely N-dealkylation sites (N-methyl/N-ethyl adjacent to an activating group) is 1. The summed E-state index contributed by atoms with van der Waals surface area (Å²) in [7, 11) is 1.87. The smallest absolute Gasteiger partial charge is 0.252 e. The Balaban J connectivity index is 1.54. The normalized spacial score (nSPS) is 22.8. The number of carbonyl (C=O) groups is 2. The number of hydrogen-bond donors (Lipinski definition) is 1. The first-order chi connectivity index (χ1) is 11.6. The first kappa shape index (κ1) is 17.3. The first-order valence-corrected chi connectivity index (χ1v) is 9.75. The van der Waals surface area contributed by atoms with E-state index in [1.807, 2.05) is 42.5 Å². The minimum Gasteiger partial charge on any atom is -0.349 e. The van der Waals surface area contributed by atoms with Crippen LogP contribution in [0.25, 0.3) is 0 Å². The molecule has 0 radical (unpaired) electrons. The average Bonchev–Trinajstić information content (AvgIpc) is 2.95. The van der Waals surface area contributed by atoms with Gasteiger partial charge in [-0.25, -0.2) is 0 Å². The highest BCUT2D eigenvalue weighted by molar-refractivity contribution is 7.98. The van der Waals surface area contributed by atoms with Crippen molar-refractivity contribution in [1.29, 1.82) is 0 Å². The van der Waals surface area contributed by atoms with E-state index in [1.54, 1.807) is 11.8 Å². The molecule has 24 heavy (non-hydrogen) atoms. The van der Waals surface area contributed by atoms with E-state index in [-0.39, 0.29) is 23.9 Å². The van der Waals surface area contributed by atoms with E-state index in [1.165, 1.54) is 0 Å². The fourth-order valence-electron chi connectivity index (χ4n) is 3.59. The maximum absolute atomic E-state index is 12.5. The number of piperidine rings is 1. The number of carbonyl (C=O) groups excluding carboxylic acids is 2. The summed E-state index contributed by atoms with van der Waals surface area (Å²) in [6, 6.07) is 7.95. The lowest BCUT2D eigenvalue weighted by molar-refractivity contribution is -0.131. The van der Waals surface area contributed by atoms with Gasteiger partial charge in [-0.3, -0.25) is 14.5 Å². The Labute approximate surface area is 147 Å². The van der Waals surface area contributed by atoms with Crippen molar-refractivity contribution in [2.75, 3.05) is 32.9 Å². The molecule has 6 heteroatoms. The zero-order valence-electron chi connectivity index (χ0n) is 14.3. The molecule has 1 atom stereocenters. The van der Waals surface area contributed by atoms with Crippen molar-refractivity contribution in [1.82, 2.24) is 15.1 Å². The SMILES string of the molecule is CSc1ccccc1C(=O)NC1CCN(C2CCN(C)C2=O)CC1. The van der Waals surface area contributed by atoms with Gasteiger partial charge in [0.05, 0.1) is 11.6 Å². The molecule has 5 nitrogen and oxygen atoms in total. The predicted molar refractivity (Wildman–Crippen MR) is 96.3 cm³/mol. The lowest BCUT2D eigenvalue weighted by Gasteiger charge is -2.35. The highest BCUT2D eigenvalue weighted by atomic mass is 32.2. The number of thioether (sulfide) groups is 1. The van der Waals surface area contributed by atoms with Gasteiger partial charge >= 0.3 is 0 Å². The number of benzene rings is 1. The number of nitrogens with zero attached hydrogens (tertiary/aromatic N) is 2. The van der Waals surface area contributed by atoms with Gasteiger partial charge in [0.1, 0.15) is 0 Å². The Bertz CT molecular complexity index is 614. The van der Waals surface area contributed by atoms with Crippen molar-refractivity contribution in [2.24, 2.45) is 0 Å². The molecule has 130 valence electrons. The third-order valence-electron chi connectivity index (χ3n) is 5.06. The second-order valence-electron chi connectivity index (χ2n) is 6.55. The second kappa shape index (κ2) is 7.57. The van der Waals surface area contributed by atoms with Crippen molar-refractivity contribution in [3.05, 3.63) is 29.8 Å². The molecule has 0 bridgehead atoms. The highest BCUT2D eigenvalue weighted by Crippen LogP contribution is 2.22. The van der Waals surface area contributed by atoms with Crippen LogP contribution in [0.2, 0.25) is 0 Å². The molecule has 2 saturated heterocycles. The van der Waals surface area contributed by atoms with E-state index in [4.69, 9.17) is 0 Å². The van der Waals surface area contributed by atoms with Crippen molar-refractivity contribution in [3.8, 4) is 0 Å². The van der Waals surface area contributed by atoms with Gasteiger partial charge in [-0.2, -0.15) is 0 Å². The van der Waals surface area contributed by atoms with Gasteiger partial charge < -0.3 is 10.2 Å². The summed E-state index contributed by atoms with van der Waals surface area (Å²) in [5, 5.41) is 3.17. The summed E-state index contributed by atoms with van der Waals surface area (Å²) in [6.45, 7) is 2.60. The molecule has 1 N–H and O–H groups in total. The number of nitrogens with one attached hydrogen (secondary N) is 1. The van der Waals surface area contributed by atoms with E-state index in [0.717, 1.165) is 49.4 Å². The number of likely N-dealkylation sites (tertiary alicyclic amines) is 2. The van der Waals surface area contributed by atoms with Gasteiger partial charge in [-0.05, 0) is 37.7 Å². The van der Waals surface area contributed by atoms with Crippen LogP contribution in [0, 0.1) is 0 Å². The molecule has 2 aliphatic heterocycles. The standard InChI is InChI=1S/C18H25N3O2S/c1-20-10-9-15(18(20)23)21-11-7-13(8-12-21)19-17(22)14-5-3-4-6-16(14)24-2/h3-6,13,15H,7-12H2,1-2H3,(H,19,22). The molecular weight excluding hydrogens is 322 g/mol. The highest BCUT2D eigenvalue weighted by Gasteiger charge is 2.35. The number of rotatable bonds is 4. The summed E-state index contributed by atoms with van der Waals surface area (Å²) in [5.74, 6) is 0.251. The second-order valence-corrected chi connectivity index (χ2v) is 7.40. The predicted octanol–water partition coefficient (Wildman–Crippen LogP) is 1.83. The van der Waals surface area contributed by atoms with E-state index < -0.39 is 0 Å². The van der Waals surface area contributed by atoms with Gasteiger partial charge in [0.15, 0.2) is 0 Å².